The SMILES string of the molecule is Cc1cccc(NC2(CN)CCN(Cc3ccccc3)CC2)c1. The Morgan fingerprint density at radius 3 is 2.43 bits per heavy atom. The number of anilines is 1. The van der Waals surface area contributed by atoms with Crippen LogP contribution in [0.25, 0.3) is 0 Å². The fraction of sp³-hybridized carbons (Fsp3) is 0.400. The second-order valence-electron chi connectivity index (χ2n) is 6.74. The Bertz CT molecular complexity index is 616. The molecular formula is C20H27N3. The normalized spacial score (nSPS) is 17.8. The minimum Gasteiger partial charge on any atom is -0.378 e. The van der Waals surface area contributed by atoms with E-state index in [1.54, 1.807) is 0 Å². The molecular weight excluding hydrogens is 282 g/mol. The second kappa shape index (κ2) is 7.16. The molecule has 0 amide bonds. The van der Waals surface area contributed by atoms with Gasteiger partial charge in [0.1, 0.15) is 0 Å². The Labute approximate surface area is 139 Å². The van der Waals surface area contributed by atoms with E-state index >= 15 is 0 Å². The van der Waals surface area contributed by atoms with Gasteiger partial charge >= 0.3 is 0 Å². The highest BCUT2D eigenvalue weighted by molar-refractivity contribution is 5.48. The number of likely N-dealkylation sites (tertiary alicyclic amines) is 1. The highest BCUT2D eigenvalue weighted by atomic mass is 15.2. The fourth-order valence-corrected chi connectivity index (χ4v) is 3.39. The Balaban J connectivity index is 1.61. The van der Waals surface area contributed by atoms with Crippen LogP contribution in [0.4, 0.5) is 5.69 Å². The molecule has 1 saturated heterocycles. The van der Waals surface area contributed by atoms with Gasteiger partial charge in [-0.1, -0.05) is 42.5 Å². The van der Waals surface area contributed by atoms with Crippen LogP contribution < -0.4 is 11.1 Å². The summed E-state index contributed by atoms with van der Waals surface area (Å²) in [4.78, 5) is 2.53. The maximum atomic E-state index is 6.14. The molecule has 0 spiro atoms. The minimum atomic E-state index is 0.0288. The van der Waals surface area contributed by atoms with E-state index in [4.69, 9.17) is 5.73 Å². The zero-order valence-corrected chi connectivity index (χ0v) is 14.0. The van der Waals surface area contributed by atoms with Crippen molar-refractivity contribution in [1.29, 1.82) is 0 Å². The van der Waals surface area contributed by atoms with E-state index in [2.05, 4.69) is 71.7 Å². The molecule has 0 radical (unpaired) electrons. The predicted octanol–water partition coefficient (Wildman–Crippen LogP) is 3.40. The van der Waals surface area contributed by atoms with Gasteiger partial charge in [-0.2, -0.15) is 0 Å². The van der Waals surface area contributed by atoms with Crippen LogP contribution in [0.5, 0.6) is 0 Å². The van der Waals surface area contributed by atoms with Gasteiger partial charge in [0.15, 0.2) is 0 Å². The number of piperidine rings is 1. The molecule has 0 atom stereocenters. The van der Waals surface area contributed by atoms with Gasteiger partial charge in [-0.25, -0.2) is 0 Å². The average molecular weight is 309 g/mol. The maximum absolute atomic E-state index is 6.14. The highest BCUT2D eigenvalue weighted by Crippen LogP contribution is 2.27. The van der Waals surface area contributed by atoms with Crippen LogP contribution in [-0.2, 0) is 6.54 Å². The van der Waals surface area contributed by atoms with E-state index in [0.717, 1.165) is 32.5 Å². The molecule has 2 aromatic rings. The van der Waals surface area contributed by atoms with Crippen LogP contribution in [0.3, 0.4) is 0 Å². The van der Waals surface area contributed by atoms with Crippen molar-refractivity contribution in [1.82, 2.24) is 4.90 Å². The standard InChI is InChI=1S/C20H27N3/c1-17-6-5-9-19(14-17)22-20(16-21)10-12-23(13-11-20)15-18-7-3-2-4-8-18/h2-9,14,22H,10-13,15-16,21H2,1H3. The summed E-state index contributed by atoms with van der Waals surface area (Å²) in [5.74, 6) is 0. The van der Waals surface area contributed by atoms with Gasteiger partial charge in [-0.3, -0.25) is 4.90 Å². The largest absolute Gasteiger partial charge is 0.378 e. The molecule has 3 heteroatoms. The lowest BCUT2D eigenvalue weighted by atomic mass is 9.87. The summed E-state index contributed by atoms with van der Waals surface area (Å²) in [6, 6.07) is 19.3. The molecule has 3 rings (SSSR count). The molecule has 122 valence electrons. The number of hydrogen-bond donors (Lipinski definition) is 2. The summed E-state index contributed by atoms with van der Waals surface area (Å²) in [6.45, 7) is 6.02. The molecule has 3 N–H and O–H groups in total. The van der Waals surface area contributed by atoms with Gasteiger partial charge in [-0.05, 0) is 43.0 Å². The summed E-state index contributed by atoms with van der Waals surface area (Å²) >= 11 is 0. The molecule has 0 bridgehead atoms. The Morgan fingerprint density at radius 2 is 1.78 bits per heavy atom. The van der Waals surface area contributed by atoms with Crippen LogP contribution >= 0.6 is 0 Å². The van der Waals surface area contributed by atoms with Crippen molar-refractivity contribution in [3.8, 4) is 0 Å². The highest BCUT2D eigenvalue weighted by Gasteiger charge is 2.33. The molecule has 1 aliphatic rings. The first-order valence-electron chi connectivity index (χ1n) is 8.50. The fourth-order valence-electron chi connectivity index (χ4n) is 3.39. The molecule has 23 heavy (non-hydrogen) atoms. The molecule has 0 unspecified atom stereocenters. The quantitative estimate of drug-likeness (QED) is 0.889. The number of hydrogen-bond acceptors (Lipinski definition) is 3. The molecule has 0 aliphatic carbocycles. The van der Waals surface area contributed by atoms with Gasteiger partial charge in [0.05, 0.1) is 5.54 Å². The summed E-state index contributed by atoms with van der Waals surface area (Å²) in [7, 11) is 0. The Kier molecular flexibility index (Phi) is 4.99. The van der Waals surface area contributed by atoms with Gasteiger partial charge < -0.3 is 11.1 Å². The van der Waals surface area contributed by atoms with E-state index < -0.39 is 0 Å². The summed E-state index contributed by atoms with van der Waals surface area (Å²) < 4.78 is 0. The molecule has 1 aliphatic heterocycles. The van der Waals surface area contributed by atoms with Crippen LogP contribution in [0.2, 0.25) is 0 Å². The third-order valence-corrected chi connectivity index (χ3v) is 4.88. The van der Waals surface area contributed by atoms with Crippen molar-refractivity contribution in [2.75, 3.05) is 25.0 Å². The van der Waals surface area contributed by atoms with Crippen molar-refractivity contribution in [3.05, 3.63) is 65.7 Å². The van der Waals surface area contributed by atoms with Gasteiger partial charge in [0, 0.05) is 31.9 Å². The predicted molar refractivity (Wildman–Crippen MR) is 97.5 cm³/mol. The van der Waals surface area contributed by atoms with E-state index in [1.807, 2.05) is 0 Å². The number of nitrogens with two attached hydrogens (primary N) is 1. The van der Waals surface area contributed by atoms with E-state index in [-0.39, 0.29) is 5.54 Å². The van der Waals surface area contributed by atoms with Gasteiger partial charge in [0.2, 0.25) is 0 Å². The molecule has 3 nitrogen and oxygen atoms in total. The first-order chi connectivity index (χ1) is 11.2. The van der Waals surface area contributed by atoms with Crippen molar-refractivity contribution in [3.63, 3.8) is 0 Å². The van der Waals surface area contributed by atoms with Crippen LogP contribution in [0, 0.1) is 6.92 Å². The third kappa shape index (κ3) is 4.12. The lowest BCUT2D eigenvalue weighted by Gasteiger charge is -2.42. The summed E-state index contributed by atoms with van der Waals surface area (Å²) in [6.07, 6.45) is 2.18. The molecule has 0 aromatic heterocycles. The van der Waals surface area contributed by atoms with Gasteiger partial charge in [0.25, 0.3) is 0 Å². The topological polar surface area (TPSA) is 41.3 Å². The lowest BCUT2D eigenvalue weighted by Crippen LogP contribution is -2.53. The average Bonchev–Trinajstić information content (AvgIpc) is 2.58. The van der Waals surface area contributed by atoms with Crippen LogP contribution in [-0.4, -0.2) is 30.1 Å². The monoisotopic (exact) mass is 309 g/mol. The molecule has 1 fully saturated rings. The van der Waals surface area contributed by atoms with E-state index in [0.29, 0.717) is 6.54 Å². The van der Waals surface area contributed by atoms with Crippen LogP contribution in [0.15, 0.2) is 54.6 Å². The first kappa shape index (κ1) is 16.0. The van der Waals surface area contributed by atoms with E-state index in [9.17, 15) is 0 Å². The smallest absolute Gasteiger partial charge is 0.0520 e. The first-order valence-corrected chi connectivity index (χ1v) is 8.50. The minimum absolute atomic E-state index is 0.0288. The van der Waals surface area contributed by atoms with Crippen LogP contribution in [0.1, 0.15) is 24.0 Å². The van der Waals surface area contributed by atoms with Gasteiger partial charge in [-0.15, -0.1) is 0 Å². The second-order valence-corrected chi connectivity index (χ2v) is 6.74. The molecule has 2 aromatic carbocycles. The lowest BCUT2D eigenvalue weighted by molar-refractivity contribution is 0.170. The summed E-state index contributed by atoms with van der Waals surface area (Å²) in [5.41, 5.74) is 10.0. The third-order valence-electron chi connectivity index (χ3n) is 4.88. The maximum Gasteiger partial charge on any atom is 0.0520 e. The number of nitrogens with zero attached hydrogens (tertiary/aromatic N) is 1. The summed E-state index contributed by atoms with van der Waals surface area (Å²) in [5, 5.41) is 3.72. The number of benzene rings is 2. The number of rotatable bonds is 5. The van der Waals surface area contributed by atoms with Crippen molar-refractivity contribution >= 4 is 5.69 Å². The Hall–Kier alpha value is -1.84. The van der Waals surface area contributed by atoms with Crippen molar-refractivity contribution in [2.45, 2.75) is 31.8 Å². The van der Waals surface area contributed by atoms with Crippen molar-refractivity contribution < 1.29 is 0 Å². The zero-order chi connectivity index (χ0) is 16.1. The van der Waals surface area contributed by atoms with E-state index in [1.165, 1.54) is 16.8 Å². The number of aryl methyl sites for hydroxylation is 1. The molecule has 0 saturated carbocycles. The van der Waals surface area contributed by atoms with Crippen molar-refractivity contribution in [2.24, 2.45) is 5.73 Å². The number of nitrogens with one attached hydrogen (secondary N) is 1. The molecule has 1 heterocycles. The zero-order valence-electron chi connectivity index (χ0n) is 14.0. The Morgan fingerprint density at radius 1 is 1.04 bits per heavy atom.